The van der Waals surface area contributed by atoms with Crippen molar-refractivity contribution in [2.45, 2.75) is 184 Å². The first-order chi connectivity index (χ1) is 26.2. The van der Waals surface area contributed by atoms with E-state index in [1.165, 1.54) is 21.1 Å². The van der Waals surface area contributed by atoms with Crippen molar-refractivity contribution in [2.75, 3.05) is 28.4 Å². The molecule has 5 saturated heterocycles. The van der Waals surface area contributed by atoms with Gasteiger partial charge in [-0.3, -0.25) is 4.79 Å². The number of carbonyl (C=O) groups is 2. The summed E-state index contributed by atoms with van der Waals surface area (Å²) >= 11 is 0. The molecular formula is C41H68O15. The van der Waals surface area contributed by atoms with Crippen LogP contribution in [0.3, 0.4) is 0 Å². The first kappa shape index (κ1) is 45.5. The molecule has 322 valence electrons. The number of aliphatic carboxylic acids is 1. The third kappa shape index (κ3) is 7.78. The third-order valence-electron chi connectivity index (χ3n) is 14.2. The van der Waals surface area contributed by atoms with Gasteiger partial charge < -0.3 is 63.1 Å². The summed E-state index contributed by atoms with van der Waals surface area (Å²) in [4.78, 5) is 23.7. The maximum absolute atomic E-state index is 12.0. The van der Waals surface area contributed by atoms with E-state index in [1.54, 1.807) is 41.1 Å². The number of allylic oxidation sites excluding steroid dienone is 1. The molecule has 5 heterocycles. The highest BCUT2D eigenvalue weighted by Gasteiger charge is 2.69. The highest BCUT2D eigenvalue weighted by molar-refractivity contribution is 5.92. The Morgan fingerprint density at radius 3 is 2.05 bits per heavy atom. The fraction of sp³-hybridized carbons (Fsp3) is 0.902. The van der Waals surface area contributed by atoms with Crippen LogP contribution in [0, 0.1) is 23.7 Å². The molecule has 5 rings (SSSR count). The molecule has 0 bridgehead atoms. The number of Topliss-reactive ketones (excluding diaryl/α,β-unsaturated/α-hetero) is 1. The molecule has 1 spiro atoms. The lowest BCUT2D eigenvalue weighted by atomic mass is 9.73. The van der Waals surface area contributed by atoms with Crippen LogP contribution in [0.5, 0.6) is 0 Å². The monoisotopic (exact) mass is 800 g/mol. The highest BCUT2D eigenvalue weighted by atomic mass is 16.7. The number of rotatable bonds is 14. The van der Waals surface area contributed by atoms with Crippen molar-refractivity contribution in [1.82, 2.24) is 0 Å². The minimum absolute atomic E-state index is 0.0253. The van der Waals surface area contributed by atoms with Gasteiger partial charge >= 0.3 is 5.97 Å². The molecule has 15 heteroatoms. The maximum atomic E-state index is 12.0. The average Bonchev–Trinajstić information content (AvgIpc) is 3.90. The topological polar surface area (TPSA) is 198 Å². The molecule has 5 fully saturated rings. The summed E-state index contributed by atoms with van der Waals surface area (Å²) < 4.78 is 57.8. The van der Waals surface area contributed by atoms with Crippen LogP contribution in [0.25, 0.3) is 0 Å². The van der Waals surface area contributed by atoms with E-state index in [0.29, 0.717) is 24.8 Å². The van der Waals surface area contributed by atoms with Crippen LogP contribution in [0.4, 0.5) is 0 Å². The molecule has 0 aromatic heterocycles. The number of hydrogen-bond donors (Lipinski definition) is 4. The summed E-state index contributed by atoms with van der Waals surface area (Å²) in [5.41, 5.74) is -1.52. The van der Waals surface area contributed by atoms with Crippen molar-refractivity contribution in [3.63, 3.8) is 0 Å². The number of hydrogen-bond acceptors (Lipinski definition) is 14. The van der Waals surface area contributed by atoms with Crippen LogP contribution >= 0.6 is 0 Å². The number of carboxylic acid groups (broad SMARTS) is 1. The van der Waals surface area contributed by atoms with Gasteiger partial charge in [-0.05, 0) is 59.0 Å². The van der Waals surface area contributed by atoms with Gasteiger partial charge in [-0.1, -0.05) is 33.8 Å². The van der Waals surface area contributed by atoms with E-state index in [-0.39, 0.29) is 60.5 Å². The highest BCUT2D eigenvalue weighted by Crippen LogP contribution is 2.57. The number of carboxylic acids is 1. The standard InChI is InChI=1S/C41H68O15/c1-20(25(6)42)17-21(2)33(43)29-14-13-27(52-29)28-15-16-31(53-28)39(8)36(50-11)24(5)41(56-39)22(3)30(48-9)18-26(54-41)19-32-38(7,51-12)35(49-10)23(4)40(47,55-32)34(44)37(45)46/h17,21-24,26-36,43-44,47H,13-16,18-19H2,1-12H3,(H,45,46)/b20-17+/t21-,22+,23-,24+,26-,27+,28-,29+,30+,31+,32-,33-,34-,35-,36+,38-,39+,40-,41-/m0/s1. The van der Waals surface area contributed by atoms with E-state index in [2.05, 4.69) is 0 Å². The molecular weight excluding hydrogens is 732 g/mol. The molecule has 0 aromatic carbocycles. The normalized spacial score (nSPS) is 47.6. The second kappa shape index (κ2) is 17.2. The second-order valence-electron chi connectivity index (χ2n) is 17.4. The number of aliphatic hydroxyl groups excluding tert-OH is 2. The average molecular weight is 801 g/mol. The van der Waals surface area contributed by atoms with Crippen molar-refractivity contribution in [3.05, 3.63) is 11.6 Å². The van der Waals surface area contributed by atoms with Gasteiger partial charge in [0, 0.05) is 65.0 Å². The van der Waals surface area contributed by atoms with Crippen molar-refractivity contribution in [2.24, 2.45) is 23.7 Å². The van der Waals surface area contributed by atoms with Crippen molar-refractivity contribution >= 4 is 11.8 Å². The molecule has 5 aliphatic heterocycles. The summed E-state index contributed by atoms with van der Waals surface area (Å²) in [7, 11) is 6.24. The molecule has 0 amide bonds. The fourth-order valence-electron chi connectivity index (χ4n) is 10.7. The lowest BCUT2D eigenvalue weighted by Crippen LogP contribution is -2.72. The van der Waals surface area contributed by atoms with Crippen molar-refractivity contribution in [1.29, 1.82) is 0 Å². The van der Waals surface area contributed by atoms with E-state index < -0.39 is 71.3 Å². The lowest BCUT2D eigenvalue weighted by molar-refractivity contribution is -0.389. The maximum Gasteiger partial charge on any atom is 0.338 e. The van der Waals surface area contributed by atoms with Crippen LogP contribution in [-0.4, -0.2) is 151 Å². The summed E-state index contributed by atoms with van der Waals surface area (Å²) in [6, 6.07) is 0. The Hall–Kier alpha value is -1.60. The lowest BCUT2D eigenvalue weighted by Gasteiger charge is -2.56. The molecule has 4 N–H and O–H groups in total. The van der Waals surface area contributed by atoms with Crippen LogP contribution in [0.2, 0.25) is 0 Å². The summed E-state index contributed by atoms with van der Waals surface area (Å²) in [6.45, 7) is 14.6. The molecule has 0 aromatic rings. The van der Waals surface area contributed by atoms with E-state index in [1.807, 2.05) is 27.7 Å². The van der Waals surface area contributed by atoms with Gasteiger partial charge in [0.2, 0.25) is 11.9 Å². The van der Waals surface area contributed by atoms with E-state index in [0.717, 1.165) is 12.8 Å². The molecule has 15 nitrogen and oxygen atoms in total. The Morgan fingerprint density at radius 1 is 0.857 bits per heavy atom. The second-order valence-corrected chi connectivity index (χ2v) is 17.4. The molecule has 0 saturated carbocycles. The first-order valence-corrected chi connectivity index (χ1v) is 20.2. The van der Waals surface area contributed by atoms with Crippen LogP contribution in [0.1, 0.15) is 93.9 Å². The molecule has 5 aliphatic rings. The molecule has 0 aliphatic carbocycles. The zero-order valence-corrected chi connectivity index (χ0v) is 35.3. The summed E-state index contributed by atoms with van der Waals surface area (Å²) in [5.74, 6) is -7.19. The Balaban J connectivity index is 1.36. The fourth-order valence-corrected chi connectivity index (χ4v) is 10.7. The zero-order valence-electron chi connectivity index (χ0n) is 35.3. The number of aliphatic hydroxyl groups is 3. The predicted octanol–water partition coefficient (Wildman–Crippen LogP) is 3.17. The van der Waals surface area contributed by atoms with E-state index >= 15 is 0 Å². The van der Waals surface area contributed by atoms with Crippen LogP contribution in [0.15, 0.2) is 11.6 Å². The SMILES string of the molecule is CO[C@@H]1[C@@H](C)[C@@]2(O[C@H](C[C@@H]3O[C@](O)([C@@H](O)C(=O)O)[C@@H](C)[C@H](OC)[C@@]3(C)OC)C[C@@H](OC)[C@H]2C)O[C@]1(C)[C@H]1CC[C@@H]([C@H]2CC[C@H]([C@@H](O)[C@@H](C)/C=C(\C)C(C)=O)O2)O1. The molecule has 0 unspecified atom stereocenters. The predicted molar refractivity (Wildman–Crippen MR) is 200 cm³/mol. The van der Waals surface area contributed by atoms with Gasteiger partial charge in [0.25, 0.3) is 0 Å². The van der Waals surface area contributed by atoms with Crippen LogP contribution in [-0.2, 0) is 52.2 Å². The number of ether oxygens (including phenoxy) is 9. The minimum atomic E-state index is -2.49. The largest absolute Gasteiger partial charge is 0.479 e. The van der Waals surface area contributed by atoms with Gasteiger partial charge in [0.05, 0.1) is 61.0 Å². The van der Waals surface area contributed by atoms with E-state index in [9.17, 15) is 30.0 Å². The van der Waals surface area contributed by atoms with Gasteiger partial charge in [-0.15, -0.1) is 0 Å². The first-order valence-electron chi connectivity index (χ1n) is 20.2. The zero-order chi connectivity index (χ0) is 41.7. The summed E-state index contributed by atoms with van der Waals surface area (Å²) in [6.07, 6.45) is -2.28. The van der Waals surface area contributed by atoms with Gasteiger partial charge in [-0.25, -0.2) is 4.79 Å². The van der Waals surface area contributed by atoms with E-state index in [4.69, 9.17) is 42.6 Å². The smallest absolute Gasteiger partial charge is 0.338 e. The quantitative estimate of drug-likeness (QED) is 0.187. The van der Waals surface area contributed by atoms with Crippen LogP contribution < -0.4 is 0 Å². The number of carbonyl (C=O) groups excluding carboxylic acids is 1. The van der Waals surface area contributed by atoms with Crippen molar-refractivity contribution in [3.8, 4) is 0 Å². The summed E-state index contributed by atoms with van der Waals surface area (Å²) in [5, 5.41) is 43.1. The molecule has 19 atom stereocenters. The minimum Gasteiger partial charge on any atom is -0.479 e. The number of methoxy groups -OCH3 is 4. The van der Waals surface area contributed by atoms with Gasteiger partial charge in [0.1, 0.15) is 11.2 Å². The Bertz CT molecular complexity index is 1430. The Kier molecular flexibility index (Phi) is 13.9. The molecule has 0 radical (unpaired) electrons. The van der Waals surface area contributed by atoms with Crippen molar-refractivity contribution < 1.29 is 72.6 Å². The number of ketones is 1. The molecule has 56 heavy (non-hydrogen) atoms. The Morgan fingerprint density at radius 2 is 1.48 bits per heavy atom. The van der Waals surface area contributed by atoms with Gasteiger partial charge in [0.15, 0.2) is 11.6 Å². The Labute approximate surface area is 331 Å². The van der Waals surface area contributed by atoms with Gasteiger partial charge in [-0.2, -0.15) is 0 Å². The third-order valence-corrected chi connectivity index (χ3v) is 14.2.